The molecule has 2 aromatic rings. The third-order valence-electron chi connectivity index (χ3n) is 3.77. The number of carbonyl (C=O) groups is 1. The Labute approximate surface area is 150 Å². The highest BCUT2D eigenvalue weighted by Gasteiger charge is 2.23. The average Bonchev–Trinajstić information content (AvgIpc) is 2.55. The van der Waals surface area contributed by atoms with Crippen LogP contribution in [0, 0.1) is 18.6 Å². The van der Waals surface area contributed by atoms with E-state index in [0.29, 0.717) is 22.1 Å². The van der Waals surface area contributed by atoms with Crippen LogP contribution in [0.2, 0.25) is 0 Å². The first-order chi connectivity index (χ1) is 11.7. The number of hydrogen-bond donors (Lipinski definition) is 0. The lowest BCUT2D eigenvalue weighted by molar-refractivity contribution is 0.0778. The molecule has 7 heteroatoms. The molecular formula is C18H21F2N3OS. The van der Waals surface area contributed by atoms with Crippen LogP contribution < -0.4 is 0 Å². The van der Waals surface area contributed by atoms with Crippen LogP contribution in [-0.4, -0.2) is 34.1 Å². The van der Waals surface area contributed by atoms with Crippen molar-refractivity contribution in [2.24, 2.45) is 0 Å². The Morgan fingerprint density at radius 3 is 2.52 bits per heavy atom. The minimum Gasteiger partial charge on any atom is -0.337 e. The molecule has 0 bridgehead atoms. The van der Waals surface area contributed by atoms with Crippen molar-refractivity contribution in [3.05, 3.63) is 52.5 Å². The van der Waals surface area contributed by atoms with Gasteiger partial charge < -0.3 is 4.90 Å². The Balaban J connectivity index is 2.33. The van der Waals surface area contributed by atoms with Gasteiger partial charge in [-0.1, -0.05) is 19.9 Å². The van der Waals surface area contributed by atoms with E-state index in [-0.39, 0.29) is 23.9 Å². The summed E-state index contributed by atoms with van der Waals surface area (Å²) in [5, 5.41) is 0.604. The highest BCUT2D eigenvalue weighted by molar-refractivity contribution is 7.98. The highest BCUT2D eigenvalue weighted by atomic mass is 32.2. The molecule has 0 aliphatic rings. The minimum absolute atomic E-state index is 0.0319. The Morgan fingerprint density at radius 2 is 1.96 bits per heavy atom. The standard InChI is InChI=1S/C18H21F2N3OS/c1-10(2)16-21-11(3)15(17(22-16)25-5)18(24)23(4)9-12-6-7-13(19)8-14(12)20/h6-8,10H,9H2,1-5H3. The molecule has 25 heavy (non-hydrogen) atoms. The smallest absolute Gasteiger partial charge is 0.258 e. The molecule has 1 aromatic carbocycles. The number of rotatable bonds is 5. The zero-order valence-corrected chi connectivity index (χ0v) is 15.7. The first kappa shape index (κ1) is 19.3. The molecule has 1 aromatic heterocycles. The minimum atomic E-state index is -0.673. The molecule has 2 rings (SSSR count). The van der Waals surface area contributed by atoms with Gasteiger partial charge >= 0.3 is 0 Å². The number of halogens is 2. The Kier molecular flexibility index (Phi) is 6.11. The van der Waals surface area contributed by atoms with Crippen LogP contribution in [-0.2, 0) is 6.54 Å². The van der Waals surface area contributed by atoms with E-state index in [2.05, 4.69) is 9.97 Å². The molecule has 0 aliphatic heterocycles. The molecule has 0 radical (unpaired) electrons. The van der Waals surface area contributed by atoms with E-state index in [9.17, 15) is 13.6 Å². The predicted octanol–water partition coefficient (Wildman–Crippen LogP) is 4.18. The molecule has 4 nitrogen and oxygen atoms in total. The molecular weight excluding hydrogens is 344 g/mol. The van der Waals surface area contributed by atoms with Crippen molar-refractivity contribution < 1.29 is 13.6 Å². The number of amides is 1. The summed E-state index contributed by atoms with van der Waals surface area (Å²) < 4.78 is 26.9. The van der Waals surface area contributed by atoms with E-state index in [1.54, 1.807) is 14.0 Å². The quantitative estimate of drug-likeness (QED) is 0.589. The normalized spacial score (nSPS) is 11.0. The molecule has 0 aliphatic carbocycles. The number of benzene rings is 1. The van der Waals surface area contributed by atoms with Crippen molar-refractivity contribution in [1.82, 2.24) is 14.9 Å². The van der Waals surface area contributed by atoms with Crippen LogP contribution >= 0.6 is 11.8 Å². The van der Waals surface area contributed by atoms with Gasteiger partial charge in [0.05, 0.1) is 11.3 Å². The number of aromatic nitrogens is 2. The number of aryl methyl sites for hydroxylation is 1. The maximum atomic E-state index is 13.8. The first-order valence-corrected chi connectivity index (χ1v) is 9.09. The molecule has 0 spiro atoms. The monoisotopic (exact) mass is 365 g/mol. The second-order valence-corrected chi connectivity index (χ2v) is 6.90. The van der Waals surface area contributed by atoms with Gasteiger partial charge in [-0.3, -0.25) is 4.79 Å². The Hall–Kier alpha value is -2.02. The van der Waals surface area contributed by atoms with Crippen LogP contribution in [0.15, 0.2) is 23.2 Å². The third kappa shape index (κ3) is 4.34. The lowest BCUT2D eigenvalue weighted by atomic mass is 10.1. The second kappa shape index (κ2) is 7.91. The van der Waals surface area contributed by atoms with Crippen molar-refractivity contribution in [2.45, 2.75) is 38.3 Å². The van der Waals surface area contributed by atoms with E-state index in [4.69, 9.17) is 0 Å². The van der Waals surface area contributed by atoms with Gasteiger partial charge in [-0.15, -0.1) is 11.8 Å². The van der Waals surface area contributed by atoms with E-state index >= 15 is 0 Å². The SMILES string of the molecule is CSc1nc(C(C)C)nc(C)c1C(=O)N(C)Cc1ccc(F)cc1F. The number of nitrogens with zero attached hydrogens (tertiary/aromatic N) is 3. The molecule has 1 amide bonds. The van der Waals surface area contributed by atoms with Gasteiger partial charge in [0.2, 0.25) is 0 Å². The Bertz CT molecular complexity index is 796. The maximum Gasteiger partial charge on any atom is 0.258 e. The maximum absolute atomic E-state index is 13.8. The number of carbonyl (C=O) groups excluding carboxylic acids is 1. The van der Waals surface area contributed by atoms with Gasteiger partial charge in [-0.2, -0.15) is 0 Å². The zero-order chi connectivity index (χ0) is 18.7. The number of hydrogen-bond acceptors (Lipinski definition) is 4. The van der Waals surface area contributed by atoms with Crippen LogP contribution in [0.25, 0.3) is 0 Å². The van der Waals surface area contributed by atoms with Gasteiger partial charge in [-0.25, -0.2) is 18.7 Å². The zero-order valence-electron chi connectivity index (χ0n) is 14.9. The lowest BCUT2D eigenvalue weighted by Gasteiger charge is -2.20. The summed E-state index contributed by atoms with van der Waals surface area (Å²) in [4.78, 5) is 23.1. The molecule has 0 unspecified atom stereocenters. The third-order valence-corrected chi connectivity index (χ3v) is 4.45. The average molecular weight is 365 g/mol. The molecule has 134 valence electrons. The second-order valence-electron chi connectivity index (χ2n) is 6.10. The Morgan fingerprint density at radius 1 is 1.28 bits per heavy atom. The van der Waals surface area contributed by atoms with Crippen LogP contribution in [0.1, 0.15) is 47.2 Å². The van der Waals surface area contributed by atoms with Crippen molar-refractivity contribution in [3.8, 4) is 0 Å². The number of thioether (sulfide) groups is 1. The van der Waals surface area contributed by atoms with Crippen LogP contribution in [0.4, 0.5) is 8.78 Å². The van der Waals surface area contributed by atoms with Gasteiger partial charge in [0, 0.05) is 31.1 Å². The first-order valence-electron chi connectivity index (χ1n) is 7.86. The fourth-order valence-electron chi connectivity index (χ4n) is 2.39. The van der Waals surface area contributed by atoms with E-state index in [0.717, 1.165) is 6.07 Å². The molecule has 0 saturated carbocycles. The molecule has 0 saturated heterocycles. The largest absolute Gasteiger partial charge is 0.337 e. The summed E-state index contributed by atoms with van der Waals surface area (Å²) in [7, 11) is 1.57. The summed E-state index contributed by atoms with van der Waals surface area (Å²) >= 11 is 1.38. The van der Waals surface area contributed by atoms with Gasteiger partial charge in [-0.05, 0) is 19.2 Å². The fraction of sp³-hybridized carbons (Fsp3) is 0.389. The predicted molar refractivity (Wildman–Crippen MR) is 94.8 cm³/mol. The topological polar surface area (TPSA) is 46.1 Å². The molecule has 0 atom stereocenters. The summed E-state index contributed by atoms with van der Waals surface area (Å²) in [6, 6.07) is 3.33. The van der Waals surface area contributed by atoms with Gasteiger partial charge in [0.25, 0.3) is 5.91 Å². The van der Waals surface area contributed by atoms with Gasteiger partial charge in [0.15, 0.2) is 0 Å². The van der Waals surface area contributed by atoms with Crippen molar-refractivity contribution >= 4 is 17.7 Å². The van der Waals surface area contributed by atoms with E-state index in [1.165, 1.54) is 28.8 Å². The van der Waals surface area contributed by atoms with Crippen molar-refractivity contribution in [3.63, 3.8) is 0 Å². The van der Waals surface area contributed by atoms with E-state index in [1.807, 2.05) is 20.1 Å². The van der Waals surface area contributed by atoms with Crippen LogP contribution in [0.5, 0.6) is 0 Å². The summed E-state index contributed by atoms with van der Waals surface area (Å²) in [5.74, 6) is -0.771. The lowest BCUT2D eigenvalue weighted by Crippen LogP contribution is -2.28. The summed E-state index contributed by atoms with van der Waals surface area (Å²) in [5.41, 5.74) is 1.27. The summed E-state index contributed by atoms with van der Waals surface area (Å²) in [6.07, 6.45) is 1.85. The molecule has 0 fully saturated rings. The van der Waals surface area contributed by atoms with Crippen molar-refractivity contribution in [1.29, 1.82) is 0 Å². The highest BCUT2D eigenvalue weighted by Crippen LogP contribution is 2.25. The fourth-order valence-corrected chi connectivity index (χ4v) is 3.01. The molecule has 0 N–H and O–H groups in total. The summed E-state index contributed by atoms with van der Waals surface area (Å²) in [6.45, 7) is 5.78. The molecule has 1 heterocycles. The van der Waals surface area contributed by atoms with Gasteiger partial charge in [0.1, 0.15) is 22.5 Å². The van der Waals surface area contributed by atoms with E-state index < -0.39 is 11.6 Å². The van der Waals surface area contributed by atoms with Crippen LogP contribution in [0.3, 0.4) is 0 Å². The van der Waals surface area contributed by atoms with Crippen molar-refractivity contribution in [2.75, 3.05) is 13.3 Å².